The highest BCUT2D eigenvalue weighted by molar-refractivity contribution is 5.38. The van der Waals surface area contributed by atoms with Gasteiger partial charge in [-0.05, 0) is 61.8 Å². The van der Waals surface area contributed by atoms with Gasteiger partial charge in [-0.3, -0.25) is 11.3 Å². The molecule has 2 nitrogen and oxygen atoms in total. The lowest BCUT2D eigenvalue weighted by molar-refractivity contribution is 0.328. The van der Waals surface area contributed by atoms with Crippen molar-refractivity contribution in [2.75, 3.05) is 0 Å². The molecular weight excluding hydrogens is 232 g/mol. The summed E-state index contributed by atoms with van der Waals surface area (Å²) >= 11 is 0. The minimum absolute atomic E-state index is 0.317. The predicted molar refractivity (Wildman–Crippen MR) is 81.9 cm³/mol. The van der Waals surface area contributed by atoms with Crippen LogP contribution in [0.3, 0.4) is 0 Å². The lowest BCUT2D eigenvalue weighted by Gasteiger charge is -2.28. The molecular formula is C17H28N2. The van der Waals surface area contributed by atoms with E-state index in [1.165, 1.54) is 60.8 Å². The van der Waals surface area contributed by atoms with Gasteiger partial charge in [0.1, 0.15) is 0 Å². The average molecular weight is 260 g/mol. The third-order valence-electron chi connectivity index (χ3n) is 4.77. The van der Waals surface area contributed by atoms with Crippen molar-refractivity contribution < 1.29 is 0 Å². The minimum atomic E-state index is 0.317. The Morgan fingerprint density at radius 1 is 0.947 bits per heavy atom. The van der Waals surface area contributed by atoms with Gasteiger partial charge in [0.2, 0.25) is 0 Å². The van der Waals surface area contributed by atoms with E-state index in [0.29, 0.717) is 12.0 Å². The maximum atomic E-state index is 5.89. The van der Waals surface area contributed by atoms with Crippen LogP contribution in [0.15, 0.2) is 12.1 Å². The van der Waals surface area contributed by atoms with Crippen molar-refractivity contribution in [2.24, 2.45) is 11.8 Å². The van der Waals surface area contributed by atoms with Crippen molar-refractivity contribution >= 4 is 0 Å². The summed E-state index contributed by atoms with van der Waals surface area (Å²) in [7, 11) is 0. The quantitative estimate of drug-likeness (QED) is 0.488. The monoisotopic (exact) mass is 260 g/mol. The molecule has 0 aromatic heterocycles. The summed E-state index contributed by atoms with van der Waals surface area (Å²) in [5, 5.41) is 0. The van der Waals surface area contributed by atoms with Gasteiger partial charge in [0.05, 0.1) is 0 Å². The Labute approximate surface area is 117 Å². The first kappa shape index (κ1) is 14.5. The maximum Gasteiger partial charge on any atom is 0.0490 e. The van der Waals surface area contributed by atoms with Crippen molar-refractivity contribution in [1.29, 1.82) is 0 Å². The summed E-state index contributed by atoms with van der Waals surface area (Å²) in [5.41, 5.74) is 8.62. The largest absolute Gasteiger partial charge is 0.271 e. The van der Waals surface area contributed by atoms with E-state index >= 15 is 0 Å². The SMILES string of the molecule is Cc1cc(C)c(C(NN)C2CCCCCC2)cc1C. The lowest BCUT2D eigenvalue weighted by atomic mass is 9.84. The summed E-state index contributed by atoms with van der Waals surface area (Å²) in [6, 6.07) is 4.95. The average Bonchev–Trinajstić information content (AvgIpc) is 2.65. The zero-order chi connectivity index (χ0) is 13.8. The topological polar surface area (TPSA) is 38.0 Å². The van der Waals surface area contributed by atoms with Crippen molar-refractivity contribution in [2.45, 2.75) is 65.3 Å². The van der Waals surface area contributed by atoms with Gasteiger partial charge in [0, 0.05) is 6.04 Å². The van der Waals surface area contributed by atoms with Crippen molar-refractivity contribution in [3.05, 3.63) is 34.4 Å². The van der Waals surface area contributed by atoms with Gasteiger partial charge in [-0.25, -0.2) is 0 Å². The van der Waals surface area contributed by atoms with E-state index in [1.807, 2.05) is 0 Å². The van der Waals surface area contributed by atoms with Gasteiger partial charge in [0.15, 0.2) is 0 Å². The van der Waals surface area contributed by atoms with Gasteiger partial charge in [-0.2, -0.15) is 0 Å². The molecule has 2 rings (SSSR count). The van der Waals surface area contributed by atoms with E-state index < -0.39 is 0 Å². The first-order valence-corrected chi connectivity index (χ1v) is 7.67. The number of aryl methyl sites for hydroxylation is 3. The fourth-order valence-electron chi connectivity index (χ4n) is 3.44. The van der Waals surface area contributed by atoms with Crippen molar-refractivity contribution in [3.63, 3.8) is 0 Å². The number of hydrogen-bond acceptors (Lipinski definition) is 2. The van der Waals surface area contributed by atoms with Crippen LogP contribution in [0.2, 0.25) is 0 Å². The molecule has 1 unspecified atom stereocenters. The number of hydrogen-bond donors (Lipinski definition) is 2. The molecule has 1 saturated carbocycles. The summed E-state index contributed by atoms with van der Waals surface area (Å²) in [6.07, 6.45) is 8.10. The Hall–Kier alpha value is -0.860. The Balaban J connectivity index is 2.27. The molecule has 0 spiro atoms. The van der Waals surface area contributed by atoms with Crippen LogP contribution in [0, 0.1) is 26.7 Å². The summed E-state index contributed by atoms with van der Waals surface area (Å²) in [5.74, 6) is 6.58. The van der Waals surface area contributed by atoms with Crippen LogP contribution < -0.4 is 11.3 Å². The Bertz CT molecular complexity index is 418. The molecule has 1 aliphatic carbocycles. The van der Waals surface area contributed by atoms with Gasteiger partial charge in [-0.15, -0.1) is 0 Å². The number of nitrogens with two attached hydrogens (primary N) is 1. The number of benzene rings is 1. The molecule has 1 aliphatic rings. The summed E-state index contributed by atoms with van der Waals surface area (Å²) < 4.78 is 0. The molecule has 3 N–H and O–H groups in total. The molecule has 0 saturated heterocycles. The summed E-state index contributed by atoms with van der Waals surface area (Å²) in [4.78, 5) is 0. The zero-order valence-corrected chi connectivity index (χ0v) is 12.6. The van der Waals surface area contributed by atoms with E-state index in [1.54, 1.807) is 0 Å². The Morgan fingerprint density at radius 3 is 2.11 bits per heavy atom. The van der Waals surface area contributed by atoms with Crippen LogP contribution in [-0.4, -0.2) is 0 Å². The van der Waals surface area contributed by atoms with Gasteiger partial charge in [0.25, 0.3) is 0 Å². The van der Waals surface area contributed by atoms with E-state index in [-0.39, 0.29) is 0 Å². The van der Waals surface area contributed by atoms with Crippen LogP contribution in [-0.2, 0) is 0 Å². The first-order valence-electron chi connectivity index (χ1n) is 7.67. The second kappa shape index (κ2) is 6.53. The predicted octanol–water partition coefficient (Wildman–Crippen LogP) is 4.09. The van der Waals surface area contributed by atoms with Crippen LogP contribution in [0.5, 0.6) is 0 Å². The molecule has 1 atom stereocenters. The lowest BCUT2D eigenvalue weighted by Crippen LogP contribution is -2.34. The highest BCUT2D eigenvalue weighted by Gasteiger charge is 2.24. The fourth-order valence-corrected chi connectivity index (χ4v) is 3.44. The van der Waals surface area contributed by atoms with Crippen LogP contribution >= 0.6 is 0 Å². The highest BCUT2D eigenvalue weighted by Crippen LogP contribution is 2.35. The van der Waals surface area contributed by atoms with E-state index in [0.717, 1.165) is 0 Å². The third kappa shape index (κ3) is 3.37. The van der Waals surface area contributed by atoms with E-state index in [2.05, 4.69) is 38.3 Å². The molecule has 19 heavy (non-hydrogen) atoms. The zero-order valence-electron chi connectivity index (χ0n) is 12.6. The molecule has 1 aromatic carbocycles. The van der Waals surface area contributed by atoms with Crippen LogP contribution in [0.4, 0.5) is 0 Å². The second-order valence-corrected chi connectivity index (χ2v) is 6.19. The Kier molecular flexibility index (Phi) is 5.00. The molecule has 2 heteroatoms. The van der Waals surface area contributed by atoms with Crippen LogP contribution in [0.25, 0.3) is 0 Å². The van der Waals surface area contributed by atoms with E-state index in [4.69, 9.17) is 5.84 Å². The Morgan fingerprint density at radius 2 is 1.53 bits per heavy atom. The summed E-state index contributed by atoms with van der Waals surface area (Å²) in [6.45, 7) is 6.59. The van der Waals surface area contributed by atoms with Crippen LogP contribution in [0.1, 0.15) is 66.8 Å². The van der Waals surface area contributed by atoms with Gasteiger partial charge in [-0.1, -0.05) is 37.8 Å². The number of rotatable bonds is 3. The standard InChI is InChI=1S/C17H28N2/c1-12-10-14(3)16(11-13(12)2)17(19-18)15-8-6-4-5-7-9-15/h10-11,15,17,19H,4-9,18H2,1-3H3. The molecule has 0 amide bonds. The molecule has 0 heterocycles. The molecule has 1 aromatic rings. The first-order chi connectivity index (χ1) is 9.13. The smallest absolute Gasteiger partial charge is 0.0490 e. The maximum absolute atomic E-state index is 5.89. The van der Waals surface area contributed by atoms with Gasteiger partial charge >= 0.3 is 0 Å². The van der Waals surface area contributed by atoms with Crippen molar-refractivity contribution in [1.82, 2.24) is 5.43 Å². The molecule has 1 fully saturated rings. The molecule has 0 aliphatic heterocycles. The van der Waals surface area contributed by atoms with Gasteiger partial charge < -0.3 is 0 Å². The molecule has 0 bridgehead atoms. The molecule has 0 radical (unpaired) electrons. The molecule has 106 valence electrons. The van der Waals surface area contributed by atoms with Crippen molar-refractivity contribution in [3.8, 4) is 0 Å². The fraction of sp³-hybridized carbons (Fsp3) is 0.647. The second-order valence-electron chi connectivity index (χ2n) is 6.19. The highest BCUT2D eigenvalue weighted by atomic mass is 15.2. The number of hydrazine groups is 1. The number of nitrogens with one attached hydrogen (secondary N) is 1. The normalized spacial score (nSPS) is 19.2. The third-order valence-corrected chi connectivity index (χ3v) is 4.77. The van der Waals surface area contributed by atoms with E-state index in [9.17, 15) is 0 Å². The minimum Gasteiger partial charge on any atom is -0.271 e.